The molecule has 0 saturated heterocycles. The number of hydrogen-bond donors (Lipinski definition) is 2. The minimum atomic E-state index is -1.07. The first-order valence-electron chi connectivity index (χ1n) is 6.75. The lowest BCUT2D eigenvalue weighted by atomic mass is 10.0. The molecule has 1 unspecified atom stereocenters. The smallest absolute Gasteiger partial charge is 0.326 e. The Hall–Kier alpha value is -2.43. The van der Waals surface area contributed by atoms with Crippen LogP contribution < -0.4 is 5.32 Å². The lowest BCUT2D eigenvalue weighted by Crippen LogP contribution is -2.40. The molecule has 0 fully saturated rings. The molecule has 0 saturated carbocycles. The predicted octanol–water partition coefficient (Wildman–Crippen LogP) is 2.96. The molecule has 0 aliphatic carbocycles. The second-order valence-electron chi connectivity index (χ2n) is 4.79. The van der Waals surface area contributed by atoms with Crippen molar-refractivity contribution in [2.45, 2.75) is 25.8 Å². The highest BCUT2D eigenvalue weighted by Gasteiger charge is 2.21. The summed E-state index contributed by atoms with van der Waals surface area (Å²) < 4.78 is 13.7. The van der Waals surface area contributed by atoms with E-state index in [0.29, 0.717) is 23.6 Å². The lowest BCUT2D eigenvalue weighted by Gasteiger charge is -2.14. The molecule has 1 amide bonds. The molecule has 4 nitrogen and oxygen atoms in total. The van der Waals surface area contributed by atoms with Gasteiger partial charge in [0.05, 0.1) is 0 Å². The number of aliphatic carboxylic acids is 1. The second kappa shape index (κ2) is 6.35. The maximum atomic E-state index is 13.7. The normalized spacial score (nSPS) is 12.1. The first-order valence-corrected chi connectivity index (χ1v) is 6.75. The van der Waals surface area contributed by atoms with Gasteiger partial charge in [0, 0.05) is 10.9 Å². The third kappa shape index (κ3) is 3.18. The molecule has 0 bridgehead atoms. The van der Waals surface area contributed by atoms with Crippen LogP contribution in [0.2, 0.25) is 0 Å². The lowest BCUT2D eigenvalue weighted by molar-refractivity contribution is -0.139. The molecule has 0 aromatic heterocycles. The van der Waals surface area contributed by atoms with Gasteiger partial charge in [-0.05, 0) is 23.9 Å². The van der Waals surface area contributed by atoms with Gasteiger partial charge in [0.15, 0.2) is 0 Å². The molecule has 5 heteroatoms. The number of carboxylic acids is 1. The summed E-state index contributed by atoms with van der Waals surface area (Å²) >= 11 is 0. The van der Waals surface area contributed by atoms with E-state index >= 15 is 0 Å². The van der Waals surface area contributed by atoms with E-state index in [1.54, 1.807) is 24.3 Å². The molecule has 21 heavy (non-hydrogen) atoms. The van der Waals surface area contributed by atoms with Crippen molar-refractivity contribution in [3.8, 4) is 0 Å². The molecule has 2 aromatic rings. The summed E-state index contributed by atoms with van der Waals surface area (Å²) in [4.78, 5) is 23.4. The van der Waals surface area contributed by atoms with Gasteiger partial charge in [-0.25, -0.2) is 9.18 Å². The van der Waals surface area contributed by atoms with Crippen molar-refractivity contribution in [3.63, 3.8) is 0 Å². The van der Waals surface area contributed by atoms with Crippen molar-refractivity contribution >= 4 is 22.6 Å². The van der Waals surface area contributed by atoms with E-state index < -0.39 is 23.7 Å². The van der Waals surface area contributed by atoms with Crippen LogP contribution in [0.3, 0.4) is 0 Å². The van der Waals surface area contributed by atoms with Crippen LogP contribution in [0.15, 0.2) is 36.4 Å². The molecule has 0 radical (unpaired) electrons. The van der Waals surface area contributed by atoms with Crippen LogP contribution in [0.1, 0.15) is 30.1 Å². The zero-order valence-corrected chi connectivity index (χ0v) is 11.6. The van der Waals surface area contributed by atoms with Crippen molar-refractivity contribution in [1.82, 2.24) is 5.32 Å². The van der Waals surface area contributed by atoms with Crippen LogP contribution >= 0.6 is 0 Å². The summed E-state index contributed by atoms with van der Waals surface area (Å²) in [6.45, 7) is 1.84. The molecular formula is C16H16FNO3. The van der Waals surface area contributed by atoms with Crippen LogP contribution in [-0.4, -0.2) is 23.0 Å². The summed E-state index contributed by atoms with van der Waals surface area (Å²) in [5.41, 5.74) is 0.273. The van der Waals surface area contributed by atoms with E-state index in [9.17, 15) is 14.0 Å². The zero-order chi connectivity index (χ0) is 15.4. The van der Waals surface area contributed by atoms with E-state index in [2.05, 4.69) is 5.32 Å². The SMILES string of the molecule is CCCC(NC(=O)c1ccc(F)c2ccccc12)C(=O)O. The number of carbonyl (C=O) groups is 2. The number of rotatable bonds is 5. The monoisotopic (exact) mass is 289 g/mol. The molecule has 1 atom stereocenters. The topological polar surface area (TPSA) is 66.4 Å². The Morgan fingerprint density at radius 3 is 2.48 bits per heavy atom. The minimum absolute atomic E-state index is 0.273. The fourth-order valence-electron chi connectivity index (χ4n) is 2.24. The highest BCUT2D eigenvalue weighted by Crippen LogP contribution is 2.22. The summed E-state index contributed by atoms with van der Waals surface area (Å²) in [6.07, 6.45) is 0.988. The molecule has 2 aromatic carbocycles. The molecule has 0 heterocycles. The number of carboxylic acid groups (broad SMARTS) is 1. The van der Waals surface area contributed by atoms with Crippen LogP contribution in [0, 0.1) is 5.82 Å². The van der Waals surface area contributed by atoms with Gasteiger partial charge in [-0.15, -0.1) is 0 Å². The number of nitrogens with one attached hydrogen (secondary N) is 1. The van der Waals surface area contributed by atoms with E-state index in [1.165, 1.54) is 12.1 Å². The third-order valence-corrected chi connectivity index (χ3v) is 3.30. The molecule has 0 spiro atoms. The molecular weight excluding hydrogens is 273 g/mol. The number of carbonyl (C=O) groups excluding carboxylic acids is 1. The maximum absolute atomic E-state index is 13.7. The van der Waals surface area contributed by atoms with E-state index in [4.69, 9.17) is 5.11 Å². The van der Waals surface area contributed by atoms with Crippen molar-refractivity contribution in [3.05, 3.63) is 47.8 Å². The van der Waals surface area contributed by atoms with Crippen molar-refractivity contribution in [2.24, 2.45) is 0 Å². The predicted molar refractivity (Wildman–Crippen MR) is 77.7 cm³/mol. The van der Waals surface area contributed by atoms with Crippen molar-refractivity contribution in [2.75, 3.05) is 0 Å². The van der Waals surface area contributed by atoms with Crippen LogP contribution in [-0.2, 0) is 4.79 Å². The fourth-order valence-corrected chi connectivity index (χ4v) is 2.24. The summed E-state index contributed by atoms with van der Waals surface area (Å²) in [5.74, 6) is -1.99. The van der Waals surface area contributed by atoms with Gasteiger partial charge < -0.3 is 10.4 Å². The number of amides is 1. The number of halogens is 1. The Balaban J connectivity index is 2.36. The molecule has 2 rings (SSSR count). The molecule has 110 valence electrons. The summed E-state index contributed by atoms with van der Waals surface area (Å²) in [7, 11) is 0. The molecule has 0 aliphatic rings. The quantitative estimate of drug-likeness (QED) is 0.889. The Morgan fingerprint density at radius 1 is 1.19 bits per heavy atom. The Bertz CT molecular complexity index is 684. The first kappa shape index (κ1) is 15.0. The van der Waals surface area contributed by atoms with Gasteiger partial charge in [0.2, 0.25) is 0 Å². The number of hydrogen-bond acceptors (Lipinski definition) is 2. The van der Waals surface area contributed by atoms with Crippen molar-refractivity contribution < 1.29 is 19.1 Å². The second-order valence-corrected chi connectivity index (χ2v) is 4.79. The largest absolute Gasteiger partial charge is 0.480 e. The van der Waals surface area contributed by atoms with Gasteiger partial charge in [0.25, 0.3) is 5.91 Å². The van der Waals surface area contributed by atoms with Gasteiger partial charge in [-0.2, -0.15) is 0 Å². The van der Waals surface area contributed by atoms with Gasteiger partial charge in [-0.3, -0.25) is 4.79 Å². The van der Waals surface area contributed by atoms with Crippen molar-refractivity contribution in [1.29, 1.82) is 0 Å². The third-order valence-electron chi connectivity index (χ3n) is 3.30. The fraction of sp³-hybridized carbons (Fsp3) is 0.250. The Morgan fingerprint density at radius 2 is 1.86 bits per heavy atom. The average molecular weight is 289 g/mol. The number of fused-ring (bicyclic) bond motifs is 1. The average Bonchev–Trinajstić information content (AvgIpc) is 2.47. The first-order chi connectivity index (χ1) is 10.0. The maximum Gasteiger partial charge on any atom is 0.326 e. The van der Waals surface area contributed by atoms with Gasteiger partial charge >= 0.3 is 5.97 Å². The zero-order valence-electron chi connectivity index (χ0n) is 11.6. The van der Waals surface area contributed by atoms with Gasteiger partial charge in [0.1, 0.15) is 11.9 Å². The van der Waals surface area contributed by atoms with E-state index in [-0.39, 0.29) is 5.56 Å². The highest BCUT2D eigenvalue weighted by molar-refractivity contribution is 6.08. The summed E-state index contributed by atoms with van der Waals surface area (Å²) in [6, 6.07) is 8.27. The molecule has 2 N–H and O–H groups in total. The Labute approximate surface area is 121 Å². The highest BCUT2D eigenvalue weighted by atomic mass is 19.1. The standard InChI is InChI=1S/C16H16FNO3/c1-2-5-14(16(20)21)18-15(19)12-8-9-13(17)11-7-4-3-6-10(11)12/h3-4,6-9,14H,2,5H2,1H3,(H,18,19)(H,20,21). The minimum Gasteiger partial charge on any atom is -0.480 e. The van der Waals surface area contributed by atoms with Crippen LogP contribution in [0.25, 0.3) is 10.8 Å². The Kier molecular flexibility index (Phi) is 4.52. The number of benzene rings is 2. The van der Waals surface area contributed by atoms with E-state index in [0.717, 1.165) is 0 Å². The van der Waals surface area contributed by atoms with Gasteiger partial charge in [-0.1, -0.05) is 37.6 Å². The summed E-state index contributed by atoms with van der Waals surface area (Å²) in [5, 5.41) is 12.4. The van der Waals surface area contributed by atoms with E-state index in [1.807, 2.05) is 6.92 Å². The molecule has 0 aliphatic heterocycles. The van der Waals surface area contributed by atoms with Crippen LogP contribution in [0.5, 0.6) is 0 Å². The van der Waals surface area contributed by atoms with Crippen LogP contribution in [0.4, 0.5) is 4.39 Å².